The highest BCUT2D eigenvalue weighted by molar-refractivity contribution is 5.97. The van der Waals surface area contributed by atoms with Crippen molar-refractivity contribution in [1.82, 2.24) is 29.5 Å². The van der Waals surface area contributed by atoms with Crippen LogP contribution in [0.3, 0.4) is 0 Å². The summed E-state index contributed by atoms with van der Waals surface area (Å²) in [6, 6.07) is 9.56. The first kappa shape index (κ1) is 18.7. The fourth-order valence-electron chi connectivity index (χ4n) is 3.98. The van der Waals surface area contributed by atoms with Crippen molar-refractivity contribution < 1.29 is 9.53 Å². The summed E-state index contributed by atoms with van der Waals surface area (Å²) in [6.45, 7) is 1.07. The van der Waals surface area contributed by atoms with Crippen LogP contribution in [0.1, 0.15) is 34.5 Å². The van der Waals surface area contributed by atoms with Crippen molar-refractivity contribution in [1.29, 1.82) is 0 Å². The van der Waals surface area contributed by atoms with Crippen molar-refractivity contribution in [2.75, 3.05) is 12.3 Å². The molecule has 4 aromatic heterocycles. The molecule has 32 heavy (non-hydrogen) atoms. The van der Waals surface area contributed by atoms with Gasteiger partial charge in [0.2, 0.25) is 11.8 Å². The number of hydrogen-bond acceptors (Lipinski definition) is 7. The summed E-state index contributed by atoms with van der Waals surface area (Å²) < 4.78 is 7.55. The van der Waals surface area contributed by atoms with Gasteiger partial charge in [-0.15, -0.1) is 5.10 Å². The largest absolute Gasteiger partial charge is 0.474 e. The molecule has 160 valence electrons. The number of nitrogens with zero attached hydrogens (tertiary/aromatic N) is 6. The van der Waals surface area contributed by atoms with E-state index in [9.17, 15) is 4.79 Å². The number of carbonyl (C=O) groups excluding carboxylic acids is 1. The number of fused-ring (bicyclic) bond motifs is 2. The Morgan fingerprint density at radius 2 is 2.06 bits per heavy atom. The topological polar surface area (TPSA) is 112 Å². The molecule has 9 nitrogen and oxygen atoms in total. The van der Waals surface area contributed by atoms with Crippen LogP contribution in [0.5, 0.6) is 5.88 Å². The van der Waals surface area contributed by atoms with Crippen LogP contribution in [0.15, 0.2) is 48.9 Å². The zero-order valence-electron chi connectivity index (χ0n) is 17.3. The fraction of sp³-hybridized carbons (Fsp3) is 0.261. The Kier molecular flexibility index (Phi) is 4.27. The zero-order chi connectivity index (χ0) is 21.7. The zero-order valence-corrected chi connectivity index (χ0v) is 17.3. The van der Waals surface area contributed by atoms with E-state index >= 15 is 0 Å². The highest BCUT2D eigenvalue weighted by Gasteiger charge is 2.29. The molecule has 5 heterocycles. The Balaban J connectivity index is 1.29. The molecule has 1 aliphatic heterocycles. The average molecular weight is 427 g/mol. The van der Waals surface area contributed by atoms with Gasteiger partial charge in [0.05, 0.1) is 17.8 Å². The molecule has 9 heteroatoms. The standard InChI is InChI=1S/C23H21N7O2/c24-23-27-20-11-14(5-9-30(20)28-23)16-10-18-19(26-12-16)6-8-29(22(18)31)13-15-2-1-7-25-21(15)32-17-3-4-17/h1-2,5,7,9-12,17H,3-4,6,8,13H2,(H2,24,28). The Labute approximate surface area is 183 Å². The predicted octanol–water partition coefficient (Wildman–Crippen LogP) is 2.51. The highest BCUT2D eigenvalue weighted by atomic mass is 16.5. The van der Waals surface area contributed by atoms with Crippen LogP contribution in [-0.2, 0) is 13.0 Å². The molecule has 4 aromatic rings. The smallest absolute Gasteiger partial charge is 0.256 e. The van der Waals surface area contributed by atoms with Gasteiger partial charge in [0.25, 0.3) is 5.91 Å². The Bertz CT molecular complexity index is 1350. The molecular weight excluding hydrogens is 406 g/mol. The van der Waals surface area contributed by atoms with Gasteiger partial charge in [0.15, 0.2) is 5.65 Å². The second-order valence-corrected chi connectivity index (χ2v) is 8.17. The normalized spacial score (nSPS) is 15.8. The molecule has 2 N–H and O–H groups in total. The van der Waals surface area contributed by atoms with Crippen LogP contribution < -0.4 is 10.5 Å². The minimum atomic E-state index is -0.0328. The van der Waals surface area contributed by atoms with E-state index in [4.69, 9.17) is 10.5 Å². The molecule has 0 aromatic carbocycles. The predicted molar refractivity (Wildman–Crippen MR) is 117 cm³/mol. The molecule has 1 aliphatic carbocycles. The lowest BCUT2D eigenvalue weighted by Crippen LogP contribution is -2.37. The molecule has 0 saturated heterocycles. The minimum Gasteiger partial charge on any atom is -0.474 e. The lowest BCUT2D eigenvalue weighted by atomic mass is 9.99. The molecule has 0 unspecified atom stereocenters. The van der Waals surface area contributed by atoms with Gasteiger partial charge in [0.1, 0.15) is 6.10 Å². The average Bonchev–Trinajstić information content (AvgIpc) is 3.54. The van der Waals surface area contributed by atoms with Gasteiger partial charge in [-0.1, -0.05) is 6.07 Å². The number of anilines is 1. The number of nitrogens with two attached hydrogens (primary N) is 1. The van der Waals surface area contributed by atoms with E-state index in [0.29, 0.717) is 36.6 Å². The number of nitrogen functional groups attached to an aromatic ring is 1. The Hall–Kier alpha value is -4.01. The first-order valence-corrected chi connectivity index (χ1v) is 10.6. The molecular formula is C23H21N7O2. The number of hydrogen-bond donors (Lipinski definition) is 1. The monoisotopic (exact) mass is 427 g/mol. The summed E-state index contributed by atoms with van der Waals surface area (Å²) >= 11 is 0. The molecule has 0 spiro atoms. The van der Waals surface area contributed by atoms with E-state index < -0.39 is 0 Å². The van der Waals surface area contributed by atoms with Crippen LogP contribution >= 0.6 is 0 Å². The van der Waals surface area contributed by atoms with Crippen LogP contribution in [-0.4, -0.2) is 48.0 Å². The fourth-order valence-corrected chi connectivity index (χ4v) is 3.98. The molecule has 0 atom stereocenters. The van der Waals surface area contributed by atoms with Gasteiger partial charge < -0.3 is 15.4 Å². The lowest BCUT2D eigenvalue weighted by molar-refractivity contribution is 0.0723. The Morgan fingerprint density at radius 3 is 2.94 bits per heavy atom. The summed E-state index contributed by atoms with van der Waals surface area (Å²) in [7, 11) is 0. The molecule has 2 aliphatic rings. The van der Waals surface area contributed by atoms with Gasteiger partial charge in [-0.2, -0.15) is 4.98 Å². The van der Waals surface area contributed by atoms with Gasteiger partial charge >= 0.3 is 0 Å². The van der Waals surface area contributed by atoms with Crippen molar-refractivity contribution in [3.63, 3.8) is 0 Å². The van der Waals surface area contributed by atoms with Crippen molar-refractivity contribution in [2.24, 2.45) is 0 Å². The maximum absolute atomic E-state index is 13.3. The summed E-state index contributed by atoms with van der Waals surface area (Å²) in [6.07, 6.45) is 8.42. The number of pyridine rings is 3. The quantitative estimate of drug-likeness (QED) is 0.521. The van der Waals surface area contributed by atoms with Gasteiger partial charge in [-0.25, -0.2) is 9.50 Å². The summed E-state index contributed by atoms with van der Waals surface area (Å²) in [5, 5.41) is 4.10. The van der Waals surface area contributed by atoms with Crippen LogP contribution in [0.2, 0.25) is 0 Å². The first-order chi connectivity index (χ1) is 15.6. The van der Waals surface area contributed by atoms with Crippen LogP contribution in [0.25, 0.3) is 16.8 Å². The van der Waals surface area contributed by atoms with Crippen molar-refractivity contribution in [3.8, 4) is 17.0 Å². The molecule has 1 saturated carbocycles. The summed E-state index contributed by atoms with van der Waals surface area (Å²) in [5.41, 5.74) is 10.5. The second-order valence-electron chi connectivity index (χ2n) is 8.17. The van der Waals surface area contributed by atoms with E-state index in [1.54, 1.807) is 23.1 Å². The number of rotatable bonds is 5. The van der Waals surface area contributed by atoms with Gasteiger partial charge in [-0.3, -0.25) is 9.78 Å². The third-order valence-electron chi connectivity index (χ3n) is 5.81. The second kappa shape index (κ2) is 7.30. The third-order valence-corrected chi connectivity index (χ3v) is 5.81. The van der Waals surface area contributed by atoms with Crippen LogP contribution in [0, 0.1) is 0 Å². The number of ether oxygens (including phenoxy) is 1. The summed E-state index contributed by atoms with van der Waals surface area (Å²) in [4.78, 5) is 28.4. The third kappa shape index (κ3) is 3.41. The molecule has 0 radical (unpaired) electrons. The lowest BCUT2D eigenvalue weighted by Gasteiger charge is -2.28. The SMILES string of the molecule is Nc1nc2cc(-c3cnc4c(c3)C(=O)N(Cc3cccnc3OC3CC3)CC4)ccn2n1. The van der Waals surface area contributed by atoms with E-state index in [1.165, 1.54) is 0 Å². The van der Waals surface area contributed by atoms with Gasteiger partial charge in [-0.05, 0) is 42.7 Å². The van der Waals surface area contributed by atoms with Crippen LogP contribution in [0.4, 0.5) is 5.95 Å². The summed E-state index contributed by atoms with van der Waals surface area (Å²) in [5.74, 6) is 0.813. The van der Waals surface area contributed by atoms with Crippen molar-refractivity contribution in [2.45, 2.75) is 31.9 Å². The number of aromatic nitrogens is 5. The van der Waals surface area contributed by atoms with E-state index in [1.807, 2.05) is 35.2 Å². The Morgan fingerprint density at radius 1 is 1.16 bits per heavy atom. The van der Waals surface area contributed by atoms with E-state index in [-0.39, 0.29) is 18.0 Å². The van der Waals surface area contributed by atoms with E-state index in [0.717, 1.165) is 35.2 Å². The first-order valence-electron chi connectivity index (χ1n) is 10.6. The number of amides is 1. The highest BCUT2D eigenvalue weighted by Crippen LogP contribution is 2.30. The maximum Gasteiger partial charge on any atom is 0.256 e. The molecule has 0 bridgehead atoms. The van der Waals surface area contributed by atoms with Crippen molar-refractivity contribution >= 4 is 17.5 Å². The van der Waals surface area contributed by atoms with Crippen molar-refractivity contribution in [3.05, 3.63) is 65.7 Å². The maximum atomic E-state index is 13.3. The van der Waals surface area contributed by atoms with Gasteiger partial charge in [0, 0.05) is 42.7 Å². The van der Waals surface area contributed by atoms with E-state index in [2.05, 4.69) is 20.1 Å². The molecule has 1 fully saturated rings. The minimum absolute atomic E-state index is 0.0328. The number of carbonyl (C=O) groups is 1. The molecule has 6 rings (SSSR count). The molecule has 1 amide bonds.